The Bertz CT molecular complexity index is 1340. The highest BCUT2D eigenvalue weighted by atomic mass is 35.5. The molecule has 0 radical (unpaired) electrons. The summed E-state index contributed by atoms with van der Waals surface area (Å²) in [6.07, 6.45) is 4.96. The van der Waals surface area contributed by atoms with Gasteiger partial charge in [0.05, 0.1) is 23.1 Å². The lowest BCUT2D eigenvalue weighted by Gasteiger charge is -2.08. The first-order valence-electron chi connectivity index (χ1n) is 10.0. The topological polar surface area (TPSA) is 72.7 Å². The Morgan fingerprint density at radius 2 is 1.81 bits per heavy atom. The summed E-state index contributed by atoms with van der Waals surface area (Å²) in [6, 6.07) is 1.53. The van der Waals surface area contributed by atoms with E-state index in [1.807, 2.05) is 24.6 Å². The maximum Gasteiger partial charge on any atom is 0.256 e. The van der Waals surface area contributed by atoms with Crippen LogP contribution < -0.4 is 5.32 Å². The van der Waals surface area contributed by atoms with Crippen molar-refractivity contribution in [2.45, 2.75) is 6.92 Å². The zero-order valence-corrected chi connectivity index (χ0v) is 15.2. The molecule has 3 aromatic heterocycles. The van der Waals surface area contributed by atoms with Gasteiger partial charge in [0.2, 0.25) is 0 Å². The first kappa shape index (κ1) is 13.0. The second-order valence-electron chi connectivity index (χ2n) is 5.88. The summed E-state index contributed by atoms with van der Waals surface area (Å²) in [6.45, 7) is 1.89. The van der Waals surface area contributed by atoms with Crippen LogP contribution >= 0.6 is 11.6 Å². The number of anilines is 1. The van der Waals surface area contributed by atoms with Gasteiger partial charge in [-0.15, -0.1) is 0 Å². The highest BCUT2D eigenvalue weighted by Crippen LogP contribution is 2.23. The van der Waals surface area contributed by atoms with E-state index < -0.39 is 35.6 Å². The number of halogens is 1. The number of amides is 1. The van der Waals surface area contributed by atoms with Crippen molar-refractivity contribution < 1.29 is 10.3 Å². The van der Waals surface area contributed by atoms with Gasteiger partial charge in [-0.2, -0.15) is 0 Å². The summed E-state index contributed by atoms with van der Waals surface area (Å²) in [7, 11) is 1.89. The van der Waals surface area contributed by atoms with Crippen molar-refractivity contribution in [1.29, 1.82) is 0 Å². The van der Waals surface area contributed by atoms with Crippen molar-refractivity contribution in [3.05, 3.63) is 71.3 Å². The molecule has 0 fully saturated rings. The minimum atomic E-state index is -0.808. The molecule has 1 aromatic carbocycles. The smallest absolute Gasteiger partial charge is 0.256 e. The van der Waals surface area contributed by atoms with Crippen LogP contribution in [0.25, 0.3) is 22.2 Å². The molecular weight excluding hydrogens is 362 g/mol. The lowest BCUT2D eigenvalue weighted by Crippen LogP contribution is -2.12. The molecule has 0 aliphatic heterocycles. The van der Waals surface area contributed by atoms with Gasteiger partial charge >= 0.3 is 0 Å². The zero-order chi connectivity index (χ0) is 22.4. The predicted molar refractivity (Wildman–Crippen MR) is 106 cm³/mol. The van der Waals surface area contributed by atoms with E-state index in [1.165, 1.54) is 0 Å². The average Bonchev–Trinajstić information content (AvgIpc) is 3.09. The quantitative estimate of drug-likeness (QED) is 0.576. The largest absolute Gasteiger partial charge is 0.330 e. The van der Waals surface area contributed by atoms with E-state index >= 15 is 0 Å². The van der Waals surface area contributed by atoms with Crippen LogP contribution in [0.15, 0.2) is 54.9 Å². The van der Waals surface area contributed by atoms with Crippen molar-refractivity contribution in [2.75, 3.05) is 5.32 Å². The molecule has 7 heteroatoms. The molecule has 0 aliphatic carbocycles. The van der Waals surface area contributed by atoms with Crippen LogP contribution in [-0.4, -0.2) is 25.4 Å². The SMILES string of the molecule is [2H]c1c([2H])c(C(=O)Nc2cc3cc(-c4cnc(C)n4C)ncc3cn2)c([2H])c([2H])c1Cl. The normalized spacial score (nSPS) is 13.0. The Balaban J connectivity index is 1.71. The van der Waals surface area contributed by atoms with Crippen molar-refractivity contribution >= 4 is 34.1 Å². The molecular formula is C20H16ClN5O. The van der Waals surface area contributed by atoms with E-state index in [-0.39, 0.29) is 10.8 Å². The number of pyridine rings is 2. The number of nitrogens with one attached hydrogen (secondary N) is 1. The molecule has 0 saturated carbocycles. The molecule has 3 heterocycles. The second kappa shape index (κ2) is 6.81. The number of imidazole rings is 1. The molecule has 134 valence electrons. The fourth-order valence-electron chi connectivity index (χ4n) is 2.58. The summed E-state index contributed by atoms with van der Waals surface area (Å²) in [5.74, 6) is 0.238. The lowest BCUT2D eigenvalue weighted by atomic mass is 10.1. The number of carbonyl (C=O) groups is 1. The zero-order valence-electron chi connectivity index (χ0n) is 18.5. The molecule has 0 aliphatic rings. The van der Waals surface area contributed by atoms with E-state index in [4.69, 9.17) is 17.1 Å². The van der Waals surface area contributed by atoms with Crippen LogP contribution in [0, 0.1) is 6.92 Å². The maximum absolute atomic E-state index is 12.7. The highest BCUT2D eigenvalue weighted by molar-refractivity contribution is 6.30. The molecule has 0 unspecified atom stereocenters. The summed E-state index contributed by atoms with van der Waals surface area (Å²) >= 11 is 5.80. The summed E-state index contributed by atoms with van der Waals surface area (Å²) < 4.78 is 33.5. The van der Waals surface area contributed by atoms with E-state index in [9.17, 15) is 4.79 Å². The number of nitrogens with zero attached hydrogens (tertiary/aromatic N) is 4. The third-order valence-corrected chi connectivity index (χ3v) is 4.34. The maximum atomic E-state index is 12.7. The first-order valence-corrected chi connectivity index (χ1v) is 8.38. The number of carbonyl (C=O) groups excluding carboxylic acids is 1. The average molecular weight is 382 g/mol. The summed E-state index contributed by atoms with van der Waals surface area (Å²) in [5, 5.41) is 3.74. The van der Waals surface area contributed by atoms with Gasteiger partial charge in [-0.05, 0) is 48.6 Å². The number of aromatic nitrogens is 4. The van der Waals surface area contributed by atoms with Gasteiger partial charge in [-0.25, -0.2) is 9.97 Å². The number of benzene rings is 1. The molecule has 6 nitrogen and oxygen atoms in total. The molecule has 0 bridgehead atoms. The fraction of sp³-hybridized carbons (Fsp3) is 0.100. The van der Waals surface area contributed by atoms with E-state index in [0.717, 1.165) is 22.3 Å². The van der Waals surface area contributed by atoms with E-state index in [0.29, 0.717) is 5.69 Å². The molecule has 0 spiro atoms. The van der Waals surface area contributed by atoms with Crippen LogP contribution in [0.5, 0.6) is 0 Å². The Morgan fingerprint density at radius 3 is 2.52 bits per heavy atom. The van der Waals surface area contributed by atoms with Gasteiger partial charge in [0.25, 0.3) is 5.91 Å². The lowest BCUT2D eigenvalue weighted by molar-refractivity contribution is 0.102. The second-order valence-corrected chi connectivity index (χ2v) is 6.26. The van der Waals surface area contributed by atoms with Gasteiger partial charge in [0.15, 0.2) is 0 Å². The molecule has 1 amide bonds. The molecule has 0 saturated heterocycles. The first-order chi connectivity index (χ1) is 14.7. The molecule has 27 heavy (non-hydrogen) atoms. The number of fused-ring (bicyclic) bond motifs is 1. The van der Waals surface area contributed by atoms with Gasteiger partial charge in [0, 0.05) is 35.4 Å². The third kappa shape index (κ3) is 3.39. The van der Waals surface area contributed by atoms with Gasteiger partial charge in [-0.1, -0.05) is 11.6 Å². The standard InChI is InChI=1S/C20H16ClN5O/c1-12-22-11-18(26(12)2)17-7-14-8-19(24-10-15(14)9-23-17)25-20(27)13-3-5-16(21)6-4-13/h3-11H,1-2H3,(H,24,25,27)/i3D,4D,5D,6D. The molecule has 4 aromatic rings. The van der Waals surface area contributed by atoms with Crippen molar-refractivity contribution in [1.82, 2.24) is 19.5 Å². The summed E-state index contributed by atoms with van der Waals surface area (Å²) in [4.78, 5) is 25.6. The molecule has 4 rings (SSSR count). The number of aryl methyl sites for hydroxylation is 1. The van der Waals surface area contributed by atoms with Gasteiger partial charge in [0.1, 0.15) is 11.6 Å². The molecule has 0 atom stereocenters. The van der Waals surface area contributed by atoms with Crippen molar-refractivity contribution in [3.63, 3.8) is 0 Å². The van der Waals surface area contributed by atoms with E-state index in [1.54, 1.807) is 24.7 Å². The number of hydrogen-bond acceptors (Lipinski definition) is 4. The van der Waals surface area contributed by atoms with Crippen molar-refractivity contribution in [3.8, 4) is 11.4 Å². The van der Waals surface area contributed by atoms with Gasteiger partial charge < -0.3 is 9.88 Å². The third-order valence-electron chi connectivity index (χ3n) is 4.15. The fourth-order valence-corrected chi connectivity index (χ4v) is 2.67. The predicted octanol–water partition coefficient (Wildman–Crippen LogP) is 4.24. The number of hydrogen-bond donors (Lipinski definition) is 1. The molecule has 1 N–H and O–H groups in total. The Labute approximate surface area is 166 Å². The summed E-state index contributed by atoms with van der Waals surface area (Å²) in [5.41, 5.74) is 1.14. The van der Waals surface area contributed by atoms with Crippen LogP contribution in [0.2, 0.25) is 5.02 Å². The minimum absolute atomic E-state index is 0.197. The van der Waals surface area contributed by atoms with Crippen LogP contribution in [0.3, 0.4) is 0 Å². The van der Waals surface area contributed by atoms with Crippen molar-refractivity contribution in [2.24, 2.45) is 7.05 Å². The number of rotatable bonds is 3. The minimum Gasteiger partial charge on any atom is -0.330 e. The monoisotopic (exact) mass is 381 g/mol. The Kier molecular flexibility index (Phi) is 3.28. The van der Waals surface area contributed by atoms with Crippen LogP contribution in [0.1, 0.15) is 21.7 Å². The Morgan fingerprint density at radius 1 is 1.07 bits per heavy atom. The Hall–Kier alpha value is -3.25. The van der Waals surface area contributed by atoms with Crippen LogP contribution in [0.4, 0.5) is 5.82 Å². The van der Waals surface area contributed by atoms with Gasteiger partial charge in [-0.3, -0.25) is 9.78 Å². The van der Waals surface area contributed by atoms with E-state index in [2.05, 4.69) is 20.3 Å². The highest BCUT2D eigenvalue weighted by Gasteiger charge is 2.10. The van der Waals surface area contributed by atoms with Crippen LogP contribution in [-0.2, 0) is 7.05 Å².